The summed E-state index contributed by atoms with van der Waals surface area (Å²) in [6.07, 6.45) is 0. The van der Waals surface area contributed by atoms with E-state index in [-0.39, 0.29) is 0 Å². The zero-order chi connectivity index (χ0) is 33.0. The van der Waals surface area contributed by atoms with Crippen LogP contribution in [0.1, 0.15) is 0 Å². The van der Waals surface area contributed by atoms with Gasteiger partial charge in [0, 0.05) is 38.5 Å². The molecule has 3 nitrogen and oxygen atoms in total. The lowest BCUT2D eigenvalue weighted by molar-refractivity contribution is 0.674. The third-order valence-electron chi connectivity index (χ3n) is 9.81. The molecule has 0 saturated carbocycles. The molecule has 10 aromatic rings. The van der Waals surface area contributed by atoms with Gasteiger partial charge in [-0.1, -0.05) is 140 Å². The minimum absolute atomic E-state index is 0.904. The molecular weight excluding hydrogens is 609 g/mol. The van der Waals surface area contributed by atoms with E-state index < -0.39 is 0 Å². The SMILES string of the molecule is c1ccc(-c2cc(-c3ccc(-c4cccc5c4oc4c5ccc5c4c4ccccc4n5-c4ccccc4)cc3)cc(-c3ccccc3)n2)cc1. The van der Waals surface area contributed by atoms with Crippen LogP contribution in [0.25, 0.3) is 94.2 Å². The molecule has 0 atom stereocenters. The van der Waals surface area contributed by atoms with Crippen LogP contribution in [0.3, 0.4) is 0 Å². The van der Waals surface area contributed by atoms with E-state index >= 15 is 0 Å². The van der Waals surface area contributed by atoms with Crippen molar-refractivity contribution in [3.05, 3.63) is 182 Å². The standard InChI is InChI=1S/C47H30N2O/c1-4-13-33(14-5-1)41-29-35(30-42(48-41)34-15-6-2-7-16-34)31-23-25-32(26-24-31)37-20-12-21-38-39-27-28-44-45(47(39)50-46(37)38)40-19-10-11-22-43(40)49(44)36-17-8-3-9-18-36/h1-30H. The van der Waals surface area contributed by atoms with E-state index in [1.165, 1.54) is 10.9 Å². The number of hydrogen-bond donors (Lipinski definition) is 0. The topological polar surface area (TPSA) is 31.0 Å². The molecule has 3 heteroatoms. The fourth-order valence-electron chi connectivity index (χ4n) is 7.44. The summed E-state index contributed by atoms with van der Waals surface area (Å²) < 4.78 is 9.27. The third-order valence-corrected chi connectivity index (χ3v) is 9.81. The molecule has 0 bridgehead atoms. The van der Waals surface area contributed by atoms with Gasteiger partial charge >= 0.3 is 0 Å². The minimum Gasteiger partial charge on any atom is -0.455 e. The predicted octanol–water partition coefficient (Wildman–Crippen LogP) is 12.7. The molecule has 0 N–H and O–H groups in total. The Morgan fingerprint density at radius 2 is 0.960 bits per heavy atom. The number of hydrogen-bond acceptors (Lipinski definition) is 2. The Balaban J connectivity index is 1.11. The van der Waals surface area contributed by atoms with E-state index in [4.69, 9.17) is 9.40 Å². The lowest BCUT2D eigenvalue weighted by atomic mass is 9.97. The zero-order valence-corrected chi connectivity index (χ0v) is 27.1. The molecule has 0 amide bonds. The second-order valence-electron chi connectivity index (χ2n) is 12.7. The summed E-state index contributed by atoms with van der Waals surface area (Å²) in [5.74, 6) is 0. The maximum absolute atomic E-state index is 6.93. The van der Waals surface area contributed by atoms with Crippen molar-refractivity contribution in [2.45, 2.75) is 0 Å². The average molecular weight is 639 g/mol. The van der Waals surface area contributed by atoms with E-state index in [0.29, 0.717) is 0 Å². The summed E-state index contributed by atoms with van der Waals surface area (Å²) >= 11 is 0. The van der Waals surface area contributed by atoms with E-state index in [1.54, 1.807) is 0 Å². The molecule has 0 aliphatic carbocycles. The van der Waals surface area contributed by atoms with Crippen molar-refractivity contribution >= 4 is 43.7 Å². The summed E-state index contributed by atoms with van der Waals surface area (Å²) in [5.41, 5.74) is 13.8. The quantitative estimate of drug-likeness (QED) is 0.188. The highest BCUT2D eigenvalue weighted by molar-refractivity contribution is 6.24. The highest BCUT2D eigenvalue weighted by Gasteiger charge is 2.20. The fourth-order valence-corrected chi connectivity index (χ4v) is 7.44. The Bertz CT molecular complexity index is 2770. The van der Waals surface area contributed by atoms with Gasteiger partial charge in [-0.25, -0.2) is 4.98 Å². The van der Waals surface area contributed by atoms with E-state index in [1.807, 2.05) is 12.1 Å². The first-order valence-corrected chi connectivity index (χ1v) is 17.0. The Labute approximate surface area is 289 Å². The van der Waals surface area contributed by atoms with Gasteiger partial charge in [0.25, 0.3) is 0 Å². The van der Waals surface area contributed by atoms with Gasteiger partial charge in [0.2, 0.25) is 0 Å². The molecule has 0 radical (unpaired) electrons. The first-order valence-electron chi connectivity index (χ1n) is 17.0. The molecule has 10 rings (SSSR count). The van der Waals surface area contributed by atoms with Crippen molar-refractivity contribution in [2.24, 2.45) is 0 Å². The Hall–Kier alpha value is -6.71. The summed E-state index contributed by atoms with van der Waals surface area (Å²) in [5, 5.41) is 4.57. The molecule has 234 valence electrons. The van der Waals surface area contributed by atoms with E-state index in [2.05, 4.69) is 174 Å². The van der Waals surface area contributed by atoms with E-state index in [0.717, 1.165) is 83.3 Å². The molecule has 0 aliphatic heterocycles. The summed E-state index contributed by atoms with van der Waals surface area (Å²) in [4.78, 5) is 5.06. The molecular formula is C47H30N2O. The van der Waals surface area contributed by atoms with Crippen LogP contribution in [0.2, 0.25) is 0 Å². The first-order chi connectivity index (χ1) is 24.8. The summed E-state index contributed by atoms with van der Waals surface area (Å²) in [6.45, 7) is 0. The van der Waals surface area contributed by atoms with Crippen LogP contribution in [-0.2, 0) is 0 Å². The van der Waals surface area contributed by atoms with Crippen molar-refractivity contribution in [1.82, 2.24) is 9.55 Å². The number of nitrogens with zero attached hydrogens (tertiary/aromatic N) is 2. The van der Waals surface area contributed by atoms with Gasteiger partial charge < -0.3 is 8.98 Å². The van der Waals surface area contributed by atoms with Crippen molar-refractivity contribution in [2.75, 3.05) is 0 Å². The number of furan rings is 1. The monoisotopic (exact) mass is 638 g/mol. The minimum atomic E-state index is 0.904. The first kappa shape index (κ1) is 28.3. The number of aromatic nitrogens is 2. The number of fused-ring (bicyclic) bond motifs is 7. The molecule has 50 heavy (non-hydrogen) atoms. The van der Waals surface area contributed by atoms with Crippen LogP contribution in [0.5, 0.6) is 0 Å². The molecule has 0 spiro atoms. The van der Waals surface area contributed by atoms with Crippen LogP contribution >= 0.6 is 0 Å². The number of pyridine rings is 1. The van der Waals surface area contributed by atoms with Crippen molar-refractivity contribution in [1.29, 1.82) is 0 Å². The molecule has 3 heterocycles. The van der Waals surface area contributed by atoms with Gasteiger partial charge in [-0.05, 0) is 59.2 Å². The second kappa shape index (κ2) is 11.5. The Morgan fingerprint density at radius 1 is 0.380 bits per heavy atom. The molecule has 0 unspecified atom stereocenters. The maximum Gasteiger partial charge on any atom is 0.145 e. The average Bonchev–Trinajstić information content (AvgIpc) is 3.75. The van der Waals surface area contributed by atoms with Crippen LogP contribution in [-0.4, -0.2) is 9.55 Å². The van der Waals surface area contributed by atoms with Crippen molar-refractivity contribution < 1.29 is 4.42 Å². The molecule has 0 aliphatic rings. The second-order valence-corrected chi connectivity index (χ2v) is 12.7. The van der Waals surface area contributed by atoms with Gasteiger partial charge in [-0.15, -0.1) is 0 Å². The predicted molar refractivity (Wildman–Crippen MR) is 208 cm³/mol. The molecule has 0 fully saturated rings. The van der Waals surface area contributed by atoms with Gasteiger partial charge in [-0.3, -0.25) is 0 Å². The number of benzene rings is 7. The zero-order valence-electron chi connectivity index (χ0n) is 27.1. The lowest BCUT2D eigenvalue weighted by Gasteiger charge is -2.11. The Morgan fingerprint density at radius 3 is 1.66 bits per heavy atom. The number of para-hydroxylation sites is 3. The number of rotatable bonds is 5. The Kier molecular flexibility index (Phi) is 6.49. The highest BCUT2D eigenvalue weighted by atomic mass is 16.3. The summed E-state index contributed by atoms with van der Waals surface area (Å²) in [7, 11) is 0. The van der Waals surface area contributed by atoms with Gasteiger partial charge in [0.1, 0.15) is 11.2 Å². The maximum atomic E-state index is 6.93. The fraction of sp³-hybridized carbons (Fsp3) is 0. The highest BCUT2D eigenvalue weighted by Crippen LogP contribution is 2.43. The van der Waals surface area contributed by atoms with E-state index in [9.17, 15) is 0 Å². The van der Waals surface area contributed by atoms with Crippen LogP contribution in [0.4, 0.5) is 0 Å². The normalized spacial score (nSPS) is 11.6. The molecule has 7 aromatic carbocycles. The lowest BCUT2D eigenvalue weighted by Crippen LogP contribution is -1.92. The van der Waals surface area contributed by atoms with Gasteiger partial charge in [0.05, 0.1) is 27.8 Å². The van der Waals surface area contributed by atoms with Gasteiger partial charge in [-0.2, -0.15) is 0 Å². The van der Waals surface area contributed by atoms with Crippen molar-refractivity contribution in [3.8, 4) is 50.5 Å². The molecule has 0 saturated heterocycles. The van der Waals surface area contributed by atoms with Crippen LogP contribution in [0.15, 0.2) is 186 Å². The smallest absolute Gasteiger partial charge is 0.145 e. The third kappa shape index (κ3) is 4.56. The molecule has 3 aromatic heterocycles. The largest absolute Gasteiger partial charge is 0.455 e. The van der Waals surface area contributed by atoms with Gasteiger partial charge in [0.15, 0.2) is 0 Å². The summed E-state index contributed by atoms with van der Waals surface area (Å²) in [6, 6.07) is 64.1. The van der Waals surface area contributed by atoms with Crippen LogP contribution in [0, 0.1) is 0 Å². The van der Waals surface area contributed by atoms with Crippen molar-refractivity contribution in [3.63, 3.8) is 0 Å². The van der Waals surface area contributed by atoms with Crippen LogP contribution < -0.4 is 0 Å².